The average molecular weight is 318 g/mol. The third kappa shape index (κ3) is 2.69. The first kappa shape index (κ1) is 13.0. The minimum absolute atomic E-state index is 0.0858. The van der Waals surface area contributed by atoms with Gasteiger partial charge in [0.15, 0.2) is 5.78 Å². The first-order valence-corrected chi connectivity index (χ1v) is 6.01. The van der Waals surface area contributed by atoms with Gasteiger partial charge in [-0.25, -0.2) is 8.78 Å². The molecule has 1 aromatic heterocycles. The summed E-state index contributed by atoms with van der Waals surface area (Å²) in [4.78, 5) is 14.2. The number of carbonyl (C=O) groups excluding carboxylic acids is 1. The predicted octanol–water partition coefficient (Wildman–Crippen LogP) is 3.78. The lowest BCUT2D eigenvalue weighted by atomic mass is 10.2. The summed E-state index contributed by atoms with van der Waals surface area (Å²) in [5, 5.41) is 0.743. The summed E-state index contributed by atoms with van der Waals surface area (Å²) in [5.41, 5.74) is 1.22. The number of fused-ring (bicyclic) bond motifs is 1. The quantitative estimate of drug-likeness (QED) is 0.872. The molecular weight excluding hydrogens is 308 g/mol. The Labute approximate surface area is 110 Å². The van der Waals surface area contributed by atoms with Crippen LogP contribution in [0.4, 0.5) is 8.78 Å². The molecule has 0 amide bonds. The summed E-state index contributed by atoms with van der Waals surface area (Å²) in [7, 11) is 0. The van der Waals surface area contributed by atoms with E-state index in [1.165, 1.54) is 6.92 Å². The molecule has 2 aromatic rings. The SMILES string of the molecule is CC(=O)c1cc2cc(OCC(F)F)c(Br)cc2[nH]1. The molecule has 96 valence electrons. The smallest absolute Gasteiger partial charge is 0.272 e. The van der Waals surface area contributed by atoms with Gasteiger partial charge in [-0.05, 0) is 34.1 Å². The first-order valence-electron chi connectivity index (χ1n) is 5.21. The number of hydrogen-bond acceptors (Lipinski definition) is 2. The maximum Gasteiger partial charge on any atom is 0.272 e. The third-order valence-electron chi connectivity index (χ3n) is 2.42. The van der Waals surface area contributed by atoms with E-state index < -0.39 is 13.0 Å². The van der Waals surface area contributed by atoms with E-state index in [-0.39, 0.29) is 5.78 Å². The van der Waals surface area contributed by atoms with Gasteiger partial charge in [0.25, 0.3) is 6.43 Å². The molecule has 0 aliphatic rings. The number of alkyl halides is 2. The van der Waals surface area contributed by atoms with Gasteiger partial charge in [0.2, 0.25) is 0 Å². The lowest BCUT2D eigenvalue weighted by molar-refractivity contribution is 0.0816. The number of Topliss-reactive ketones (excluding diaryl/α,β-unsaturated/α-hetero) is 1. The molecule has 18 heavy (non-hydrogen) atoms. The van der Waals surface area contributed by atoms with Crippen molar-refractivity contribution >= 4 is 32.6 Å². The maximum atomic E-state index is 12.1. The van der Waals surface area contributed by atoms with Gasteiger partial charge in [0.05, 0.1) is 10.2 Å². The number of aromatic nitrogens is 1. The highest BCUT2D eigenvalue weighted by Gasteiger charge is 2.11. The molecule has 0 radical (unpaired) electrons. The molecule has 1 N–H and O–H groups in total. The van der Waals surface area contributed by atoms with Crippen molar-refractivity contribution in [2.24, 2.45) is 0 Å². The number of ether oxygens (including phenoxy) is 1. The van der Waals surface area contributed by atoms with Crippen LogP contribution >= 0.6 is 15.9 Å². The Balaban J connectivity index is 2.38. The first-order chi connectivity index (χ1) is 8.47. The van der Waals surface area contributed by atoms with Crippen molar-refractivity contribution in [1.82, 2.24) is 4.98 Å². The second-order valence-electron chi connectivity index (χ2n) is 3.81. The molecule has 0 aliphatic heterocycles. The Morgan fingerprint density at radius 1 is 1.44 bits per heavy atom. The molecule has 0 fully saturated rings. The fourth-order valence-corrected chi connectivity index (χ4v) is 2.04. The Kier molecular flexibility index (Phi) is 3.65. The lowest BCUT2D eigenvalue weighted by Crippen LogP contribution is -2.07. The molecule has 3 nitrogen and oxygen atoms in total. The second kappa shape index (κ2) is 5.06. The number of halogens is 3. The highest BCUT2D eigenvalue weighted by molar-refractivity contribution is 9.10. The summed E-state index contributed by atoms with van der Waals surface area (Å²) in [6.45, 7) is 0.794. The van der Waals surface area contributed by atoms with E-state index in [2.05, 4.69) is 20.9 Å². The van der Waals surface area contributed by atoms with Gasteiger partial charge in [0.1, 0.15) is 12.4 Å². The van der Waals surface area contributed by atoms with Gasteiger partial charge in [-0.1, -0.05) is 0 Å². The Morgan fingerprint density at radius 2 is 2.17 bits per heavy atom. The number of nitrogens with one attached hydrogen (secondary N) is 1. The molecule has 6 heteroatoms. The topological polar surface area (TPSA) is 42.1 Å². The highest BCUT2D eigenvalue weighted by atomic mass is 79.9. The van der Waals surface area contributed by atoms with E-state index in [1.807, 2.05) is 0 Å². The van der Waals surface area contributed by atoms with Crippen LogP contribution in [0.5, 0.6) is 5.75 Å². The largest absolute Gasteiger partial charge is 0.486 e. The summed E-state index contributed by atoms with van der Waals surface area (Å²) in [6, 6.07) is 4.98. The zero-order valence-corrected chi connectivity index (χ0v) is 11.1. The van der Waals surface area contributed by atoms with E-state index >= 15 is 0 Å². The minimum atomic E-state index is -2.52. The predicted molar refractivity (Wildman–Crippen MR) is 67.5 cm³/mol. The summed E-state index contributed by atoms with van der Waals surface area (Å²) in [6.07, 6.45) is -2.52. The third-order valence-corrected chi connectivity index (χ3v) is 3.04. The lowest BCUT2D eigenvalue weighted by Gasteiger charge is -2.07. The van der Waals surface area contributed by atoms with Gasteiger partial charge in [-0.15, -0.1) is 0 Å². The highest BCUT2D eigenvalue weighted by Crippen LogP contribution is 2.31. The molecule has 0 unspecified atom stereocenters. The van der Waals surface area contributed by atoms with Crippen LogP contribution in [0.25, 0.3) is 10.9 Å². The average Bonchev–Trinajstić information content (AvgIpc) is 2.68. The van der Waals surface area contributed by atoms with Crippen LogP contribution in [-0.2, 0) is 0 Å². The number of ketones is 1. The Morgan fingerprint density at radius 3 is 2.78 bits per heavy atom. The molecule has 0 saturated heterocycles. The van der Waals surface area contributed by atoms with E-state index in [0.29, 0.717) is 15.9 Å². The van der Waals surface area contributed by atoms with Crippen LogP contribution in [0.2, 0.25) is 0 Å². The number of hydrogen-bond donors (Lipinski definition) is 1. The standard InChI is InChI=1S/C12H10BrF2NO2/c1-6(17)9-2-7-3-11(18-5-12(14)15)8(13)4-10(7)16-9/h2-4,12,16H,5H2,1H3. The van der Waals surface area contributed by atoms with Crippen LogP contribution in [0, 0.1) is 0 Å². The molecule has 0 bridgehead atoms. The molecule has 1 heterocycles. The number of H-pyrrole nitrogens is 1. The Hall–Kier alpha value is -1.43. The van der Waals surface area contributed by atoms with E-state index in [1.54, 1.807) is 18.2 Å². The van der Waals surface area contributed by atoms with Gasteiger partial charge >= 0.3 is 0 Å². The van der Waals surface area contributed by atoms with Crippen LogP contribution in [0.3, 0.4) is 0 Å². The number of rotatable bonds is 4. The molecule has 1 aromatic carbocycles. The fourth-order valence-electron chi connectivity index (χ4n) is 1.59. The summed E-state index contributed by atoms with van der Waals surface area (Å²) < 4.78 is 29.7. The van der Waals surface area contributed by atoms with Gasteiger partial charge < -0.3 is 9.72 Å². The second-order valence-corrected chi connectivity index (χ2v) is 4.67. The number of carbonyl (C=O) groups is 1. The van der Waals surface area contributed by atoms with Crippen LogP contribution < -0.4 is 4.74 Å². The number of benzene rings is 1. The van der Waals surface area contributed by atoms with Gasteiger partial charge in [0, 0.05) is 17.8 Å². The molecule has 0 spiro atoms. The molecule has 0 saturated carbocycles. The van der Waals surface area contributed by atoms with Crippen molar-refractivity contribution in [3.63, 3.8) is 0 Å². The molecule has 0 aliphatic carbocycles. The van der Waals surface area contributed by atoms with Crippen LogP contribution in [-0.4, -0.2) is 23.8 Å². The van der Waals surface area contributed by atoms with Crippen LogP contribution in [0.1, 0.15) is 17.4 Å². The summed E-state index contributed by atoms with van der Waals surface area (Å²) >= 11 is 3.24. The normalized spacial score (nSPS) is 11.2. The zero-order chi connectivity index (χ0) is 13.3. The Bertz CT molecular complexity index is 595. The van der Waals surface area contributed by atoms with Crippen molar-refractivity contribution in [1.29, 1.82) is 0 Å². The molecule has 0 atom stereocenters. The van der Waals surface area contributed by atoms with Crippen molar-refractivity contribution in [3.05, 3.63) is 28.4 Å². The van der Waals surface area contributed by atoms with Crippen molar-refractivity contribution < 1.29 is 18.3 Å². The minimum Gasteiger partial charge on any atom is -0.486 e. The van der Waals surface area contributed by atoms with Crippen molar-refractivity contribution in [2.75, 3.05) is 6.61 Å². The van der Waals surface area contributed by atoms with Crippen LogP contribution in [0.15, 0.2) is 22.7 Å². The summed E-state index contributed by atoms with van der Waals surface area (Å²) in [5.74, 6) is 0.245. The molecular formula is C12H10BrF2NO2. The molecule has 2 rings (SSSR count). The van der Waals surface area contributed by atoms with Gasteiger partial charge in [-0.3, -0.25) is 4.79 Å². The monoisotopic (exact) mass is 317 g/mol. The van der Waals surface area contributed by atoms with E-state index in [9.17, 15) is 13.6 Å². The van der Waals surface area contributed by atoms with E-state index in [4.69, 9.17) is 4.74 Å². The van der Waals surface area contributed by atoms with Crippen molar-refractivity contribution in [3.8, 4) is 5.75 Å². The fraction of sp³-hybridized carbons (Fsp3) is 0.250. The number of aromatic amines is 1. The zero-order valence-electron chi connectivity index (χ0n) is 9.47. The van der Waals surface area contributed by atoms with Gasteiger partial charge in [-0.2, -0.15) is 0 Å². The maximum absolute atomic E-state index is 12.1. The van der Waals surface area contributed by atoms with E-state index in [0.717, 1.165) is 10.9 Å². The van der Waals surface area contributed by atoms with Crippen molar-refractivity contribution in [2.45, 2.75) is 13.3 Å².